The van der Waals surface area contributed by atoms with E-state index in [0.717, 1.165) is 31.5 Å². The number of Topliss-reactive ketones (excluding diaryl/α,β-unsaturated/α-hetero) is 1. The lowest BCUT2D eigenvalue weighted by molar-refractivity contribution is -0.126. The number of hydrogen-bond acceptors (Lipinski definition) is 2. The van der Waals surface area contributed by atoms with Crippen molar-refractivity contribution in [1.29, 1.82) is 0 Å². The van der Waals surface area contributed by atoms with Crippen molar-refractivity contribution in [2.75, 3.05) is 13.1 Å². The second-order valence-corrected chi connectivity index (χ2v) is 6.42. The predicted octanol–water partition coefficient (Wildman–Crippen LogP) is 3.47. The van der Waals surface area contributed by atoms with Crippen molar-refractivity contribution in [3.8, 4) is 0 Å². The molecule has 0 bridgehead atoms. The first kappa shape index (κ1) is 13.8. The standard InChI is InChI=1S/C16H27NO/c1-16(2,14-10-7-11-17-12-14)15(18)13-8-5-3-4-6-9-13/h8,14,17H,3-7,9-12H2,1-2H3. The fourth-order valence-corrected chi connectivity index (χ4v) is 3.29. The molecule has 0 aromatic heterocycles. The zero-order chi connectivity index (χ0) is 13.0. The van der Waals surface area contributed by atoms with Crippen LogP contribution in [0.4, 0.5) is 0 Å². The molecule has 2 nitrogen and oxygen atoms in total. The summed E-state index contributed by atoms with van der Waals surface area (Å²) < 4.78 is 0. The van der Waals surface area contributed by atoms with Crippen LogP contribution in [0.15, 0.2) is 11.6 Å². The van der Waals surface area contributed by atoms with Crippen molar-refractivity contribution < 1.29 is 4.79 Å². The third kappa shape index (κ3) is 3.03. The van der Waals surface area contributed by atoms with Crippen LogP contribution >= 0.6 is 0 Å². The first-order chi connectivity index (χ1) is 8.62. The van der Waals surface area contributed by atoms with Gasteiger partial charge in [-0.25, -0.2) is 0 Å². The number of piperidine rings is 1. The van der Waals surface area contributed by atoms with E-state index in [2.05, 4.69) is 25.2 Å². The molecule has 0 spiro atoms. The van der Waals surface area contributed by atoms with E-state index in [1.165, 1.54) is 32.1 Å². The molecule has 1 saturated heterocycles. The van der Waals surface area contributed by atoms with Crippen molar-refractivity contribution in [3.63, 3.8) is 0 Å². The van der Waals surface area contributed by atoms with E-state index >= 15 is 0 Å². The van der Waals surface area contributed by atoms with Crippen LogP contribution in [0.25, 0.3) is 0 Å². The van der Waals surface area contributed by atoms with Crippen LogP contribution in [-0.4, -0.2) is 18.9 Å². The Morgan fingerprint density at radius 3 is 2.83 bits per heavy atom. The van der Waals surface area contributed by atoms with Gasteiger partial charge < -0.3 is 5.32 Å². The van der Waals surface area contributed by atoms with Crippen LogP contribution in [0.2, 0.25) is 0 Å². The maximum atomic E-state index is 12.8. The summed E-state index contributed by atoms with van der Waals surface area (Å²) in [5, 5.41) is 3.44. The molecule has 0 radical (unpaired) electrons. The van der Waals surface area contributed by atoms with Crippen LogP contribution in [0, 0.1) is 11.3 Å². The number of allylic oxidation sites excluding steroid dienone is 2. The number of ketones is 1. The molecule has 0 aromatic rings. The molecular weight excluding hydrogens is 222 g/mol. The molecule has 18 heavy (non-hydrogen) atoms. The van der Waals surface area contributed by atoms with Crippen molar-refractivity contribution in [2.45, 2.75) is 58.8 Å². The topological polar surface area (TPSA) is 29.1 Å². The van der Waals surface area contributed by atoms with E-state index in [0.29, 0.717) is 11.7 Å². The highest BCUT2D eigenvalue weighted by Crippen LogP contribution is 2.36. The smallest absolute Gasteiger partial charge is 0.164 e. The number of nitrogens with one attached hydrogen (secondary N) is 1. The van der Waals surface area contributed by atoms with Gasteiger partial charge in [-0.1, -0.05) is 26.3 Å². The molecule has 2 heteroatoms. The van der Waals surface area contributed by atoms with Crippen LogP contribution in [-0.2, 0) is 4.79 Å². The Hall–Kier alpha value is -0.630. The highest BCUT2D eigenvalue weighted by Gasteiger charge is 2.38. The largest absolute Gasteiger partial charge is 0.316 e. The van der Waals surface area contributed by atoms with Crippen LogP contribution in [0.5, 0.6) is 0 Å². The summed E-state index contributed by atoms with van der Waals surface area (Å²) in [6.07, 6.45) is 10.4. The zero-order valence-electron chi connectivity index (χ0n) is 11.9. The van der Waals surface area contributed by atoms with Crippen LogP contribution in [0.3, 0.4) is 0 Å². The van der Waals surface area contributed by atoms with Crippen molar-refractivity contribution in [2.24, 2.45) is 11.3 Å². The number of rotatable bonds is 3. The Labute approximate surface area is 111 Å². The average molecular weight is 249 g/mol. The summed E-state index contributed by atoms with van der Waals surface area (Å²) in [6, 6.07) is 0. The average Bonchev–Trinajstić information content (AvgIpc) is 2.67. The van der Waals surface area contributed by atoms with Gasteiger partial charge in [-0.15, -0.1) is 0 Å². The summed E-state index contributed by atoms with van der Waals surface area (Å²) in [7, 11) is 0. The third-order valence-corrected chi connectivity index (χ3v) is 4.74. The lowest BCUT2D eigenvalue weighted by Crippen LogP contribution is -2.43. The van der Waals surface area contributed by atoms with E-state index in [1.54, 1.807) is 0 Å². The molecule has 1 heterocycles. The SMILES string of the molecule is CC(C)(C(=O)C1=CCCCCC1)C1CCCNC1. The minimum Gasteiger partial charge on any atom is -0.316 e. The normalized spacial score (nSPS) is 26.3. The summed E-state index contributed by atoms with van der Waals surface area (Å²) in [5.74, 6) is 0.918. The van der Waals surface area contributed by atoms with Crippen LogP contribution < -0.4 is 5.32 Å². The van der Waals surface area contributed by atoms with Gasteiger partial charge >= 0.3 is 0 Å². The third-order valence-electron chi connectivity index (χ3n) is 4.74. The molecule has 2 rings (SSSR count). The van der Waals surface area contributed by atoms with Gasteiger partial charge in [-0.2, -0.15) is 0 Å². The molecule has 1 fully saturated rings. The lowest BCUT2D eigenvalue weighted by atomic mass is 9.70. The van der Waals surface area contributed by atoms with Gasteiger partial charge in [-0.05, 0) is 63.1 Å². The van der Waals surface area contributed by atoms with Gasteiger partial charge in [0.1, 0.15) is 0 Å². The Kier molecular flexibility index (Phi) is 4.60. The summed E-state index contributed by atoms with van der Waals surface area (Å²) in [6.45, 7) is 6.42. The molecule has 0 amide bonds. The van der Waals surface area contributed by atoms with E-state index in [4.69, 9.17) is 0 Å². The second kappa shape index (κ2) is 6.01. The van der Waals surface area contributed by atoms with E-state index < -0.39 is 0 Å². The summed E-state index contributed by atoms with van der Waals surface area (Å²) in [4.78, 5) is 12.8. The molecule has 1 N–H and O–H groups in total. The van der Waals surface area contributed by atoms with Crippen molar-refractivity contribution in [3.05, 3.63) is 11.6 Å². The quantitative estimate of drug-likeness (QED) is 0.829. The lowest BCUT2D eigenvalue weighted by Gasteiger charge is -2.36. The molecule has 0 saturated carbocycles. The first-order valence-electron chi connectivity index (χ1n) is 7.57. The molecule has 102 valence electrons. The molecule has 2 aliphatic rings. The highest BCUT2D eigenvalue weighted by atomic mass is 16.1. The first-order valence-corrected chi connectivity index (χ1v) is 7.57. The molecular formula is C16H27NO. The molecule has 1 atom stereocenters. The number of carbonyl (C=O) groups excluding carboxylic acids is 1. The Morgan fingerprint density at radius 2 is 2.11 bits per heavy atom. The fourth-order valence-electron chi connectivity index (χ4n) is 3.29. The van der Waals surface area contributed by atoms with Crippen molar-refractivity contribution >= 4 is 5.78 Å². The zero-order valence-corrected chi connectivity index (χ0v) is 11.9. The highest BCUT2D eigenvalue weighted by molar-refractivity contribution is 5.99. The van der Waals surface area contributed by atoms with Gasteiger partial charge in [0.05, 0.1) is 0 Å². The summed E-state index contributed by atoms with van der Waals surface area (Å²) >= 11 is 0. The van der Waals surface area contributed by atoms with Gasteiger partial charge in [0.15, 0.2) is 5.78 Å². The predicted molar refractivity (Wildman–Crippen MR) is 75.5 cm³/mol. The van der Waals surface area contributed by atoms with E-state index in [-0.39, 0.29) is 5.41 Å². The second-order valence-electron chi connectivity index (χ2n) is 6.42. The maximum Gasteiger partial charge on any atom is 0.164 e. The van der Waals surface area contributed by atoms with Crippen molar-refractivity contribution in [1.82, 2.24) is 5.32 Å². The molecule has 0 aromatic carbocycles. The van der Waals surface area contributed by atoms with Gasteiger partial charge in [-0.3, -0.25) is 4.79 Å². The molecule has 1 aliphatic carbocycles. The Bertz CT molecular complexity index is 324. The fraction of sp³-hybridized carbons (Fsp3) is 0.812. The van der Waals surface area contributed by atoms with Gasteiger partial charge in [0.2, 0.25) is 0 Å². The monoisotopic (exact) mass is 249 g/mol. The van der Waals surface area contributed by atoms with Gasteiger partial charge in [0.25, 0.3) is 0 Å². The number of hydrogen-bond donors (Lipinski definition) is 1. The summed E-state index contributed by atoms with van der Waals surface area (Å²) in [5.41, 5.74) is 0.923. The Morgan fingerprint density at radius 1 is 1.28 bits per heavy atom. The number of carbonyl (C=O) groups is 1. The van der Waals surface area contributed by atoms with E-state index in [1.807, 2.05) is 0 Å². The van der Waals surface area contributed by atoms with Gasteiger partial charge in [0, 0.05) is 5.41 Å². The Balaban J connectivity index is 2.07. The minimum atomic E-state index is -0.191. The van der Waals surface area contributed by atoms with E-state index in [9.17, 15) is 4.79 Å². The molecule has 1 unspecified atom stereocenters. The molecule has 1 aliphatic heterocycles. The van der Waals surface area contributed by atoms with Crippen LogP contribution in [0.1, 0.15) is 58.8 Å². The maximum absolute atomic E-state index is 12.8. The minimum absolute atomic E-state index is 0.191.